The van der Waals surface area contributed by atoms with Crippen LogP contribution in [0.15, 0.2) is 11.0 Å². The number of nitrogens with zero attached hydrogens (tertiary/aromatic N) is 3. The van der Waals surface area contributed by atoms with Gasteiger partial charge in [0.1, 0.15) is 5.82 Å². The Morgan fingerprint density at radius 3 is 2.61 bits per heavy atom. The summed E-state index contributed by atoms with van der Waals surface area (Å²) in [5.41, 5.74) is 3.84. The highest BCUT2D eigenvalue weighted by atomic mass is 35.5. The van der Waals surface area contributed by atoms with Crippen LogP contribution in [0.25, 0.3) is 0 Å². The van der Waals surface area contributed by atoms with Gasteiger partial charge in [-0.15, -0.1) is 11.6 Å². The summed E-state index contributed by atoms with van der Waals surface area (Å²) in [5, 5.41) is 3.90. The maximum Gasteiger partial charge on any atom is 0.368 e. The monoisotopic (exact) mass is 416 g/mol. The minimum absolute atomic E-state index is 0.0128. The van der Waals surface area contributed by atoms with E-state index in [-0.39, 0.29) is 18.1 Å². The minimum Gasteiger partial charge on any atom is -0.455 e. The highest BCUT2D eigenvalue weighted by Crippen LogP contribution is 2.41. The molecule has 2 heterocycles. The summed E-state index contributed by atoms with van der Waals surface area (Å²) in [7, 11) is 0. The van der Waals surface area contributed by atoms with Gasteiger partial charge in [-0.05, 0) is 20.8 Å². The number of rotatable bonds is 5. The van der Waals surface area contributed by atoms with E-state index in [4.69, 9.17) is 31.5 Å². The van der Waals surface area contributed by atoms with Crippen LogP contribution in [0, 0.1) is 11.3 Å². The molecular formula is C17H25ClN4O6. The Labute approximate surface area is 167 Å². The lowest BCUT2D eigenvalue weighted by Gasteiger charge is -2.34. The van der Waals surface area contributed by atoms with Gasteiger partial charge in [-0.2, -0.15) is 14.8 Å². The lowest BCUT2D eigenvalue weighted by atomic mass is 9.97. The second-order valence-corrected chi connectivity index (χ2v) is 8.15. The van der Waals surface area contributed by atoms with Crippen LogP contribution in [0.4, 0.5) is 5.82 Å². The molecule has 0 amide bonds. The normalized spacial score (nSPS) is 25.0. The van der Waals surface area contributed by atoms with Crippen molar-refractivity contribution >= 4 is 29.4 Å². The zero-order valence-electron chi connectivity index (χ0n) is 16.5. The Morgan fingerprint density at radius 1 is 1.46 bits per heavy atom. The molecule has 0 aliphatic carbocycles. The topological polar surface area (TPSA) is 136 Å². The van der Waals surface area contributed by atoms with Gasteiger partial charge >= 0.3 is 17.6 Å². The average Bonchev–Trinajstić information content (AvgIpc) is 2.92. The van der Waals surface area contributed by atoms with E-state index < -0.39 is 47.1 Å². The van der Waals surface area contributed by atoms with Gasteiger partial charge in [-0.3, -0.25) is 9.59 Å². The number of alkyl halides is 1. The zero-order valence-corrected chi connectivity index (χ0v) is 17.2. The van der Waals surface area contributed by atoms with Gasteiger partial charge in [-0.1, -0.05) is 13.8 Å². The number of hydrogen-bond donors (Lipinski definition) is 1. The predicted octanol–water partition coefficient (Wildman–Crippen LogP) is 1.23. The number of esters is 2. The number of anilines is 1. The average molecular weight is 417 g/mol. The summed E-state index contributed by atoms with van der Waals surface area (Å²) >= 11 is 6.10. The molecule has 10 nitrogen and oxygen atoms in total. The SMILES string of the molecule is CC(C)C(=O)O[C@H]1CC(n2ncc(N)nc2=O)O[C@@]1(CCl)OC(=O)C(C)(C)C. The number of hydrogen-bond acceptors (Lipinski definition) is 9. The van der Waals surface area contributed by atoms with Crippen molar-refractivity contribution in [2.45, 2.75) is 59.2 Å². The Morgan fingerprint density at radius 2 is 2.11 bits per heavy atom. The van der Waals surface area contributed by atoms with Gasteiger partial charge in [-0.25, -0.2) is 4.79 Å². The molecule has 28 heavy (non-hydrogen) atoms. The Hall–Kier alpha value is -2.20. The van der Waals surface area contributed by atoms with Crippen LogP contribution in [-0.4, -0.2) is 44.5 Å². The van der Waals surface area contributed by atoms with Crippen LogP contribution in [0.5, 0.6) is 0 Å². The van der Waals surface area contributed by atoms with Gasteiger partial charge in [0.05, 0.1) is 23.4 Å². The summed E-state index contributed by atoms with van der Waals surface area (Å²) in [5.74, 6) is -3.70. The molecule has 0 bridgehead atoms. The van der Waals surface area contributed by atoms with Crippen molar-refractivity contribution in [1.29, 1.82) is 0 Å². The number of ether oxygens (including phenoxy) is 3. The van der Waals surface area contributed by atoms with E-state index in [1.54, 1.807) is 34.6 Å². The van der Waals surface area contributed by atoms with E-state index in [1.165, 1.54) is 6.20 Å². The molecule has 0 spiro atoms. The van der Waals surface area contributed by atoms with Crippen LogP contribution in [0.2, 0.25) is 0 Å². The lowest BCUT2D eigenvalue weighted by molar-refractivity contribution is -0.256. The van der Waals surface area contributed by atoms with Crippen LogP contribution in [0.1, 0.15) is 47.3 Å². The van der Waals surface area contributed by atoms with Gasteiger partial charge in [0.15, 0.2) is 12.3 Å². The fourth-order valence-corrected chi connectivity index (χ4v) is 2.67. The first-order chi connectivity index (χ1) is 12.9. The molecule has 1 aliphatic heterocycles. The molecule has 2 N–H and O–H groups in total. The second kappa shape index (κ2) is 8.04. The first-order valence-corrected chi connectivity index (χ1v) is 9.32. The van der Waals surface area contributed by atoms with Gasteiger partial charge in [0.25, 0.3) is 5.79 Å². The molecule has 1 unspecified atom stereocenters. The summed E-state index contributed by atoms with van der Waals surface area (Å²) in [6, 6.07) is 0. The smallest absolute Gasteiger partial charge is 0.368 e. The molecule has 0 aromatic carbocycles. The van der Waals surface area contributed by atoms with Gasteiger partial charge in [0.2, 0.25) is 0 Å². The molecule has 1 aromatic rings. The Bertz CT molecular complexity index is 806. The number of carbonyl (C=O) groups excluding carboxylic acids is 2. The molecule has 0 saturated carbocycles. The van der Waals surface area contributed by atoms with Crippen molar-refractivity contribution in [2.75, 3.05) is 11.6 Å². The summed E-state index contributed by atoms with van der Waals surface area (Å²) < 4.78 is 17.8. The van der Waals surface area contributed by atoms with Crippen molar-refractivity contribution in [3.05, 3.63) is 16.7 Å². The Balaban J connectivity index is 2.41. The highest BCUT2D eigenvalue weighted by molar-refractivity contribution is 6.18. The van der Waals surface area contributed by atoms with Gasteiger partial charge in [0, 0.05) is 6.42 Å². The number of halogens is 1. The van der Waals surface area contributed by atoms with E-state index in [9.17, 15) is 14.4 Å². The third-order valence-corrected chi connectivity index (χ3v) is 4.42. The molecule has 3 atom stereocenters. The van der Waals surface area contributed by atoms with E-state index in [0.29, 0.717) is 0 Å². The number of nitrogens with two attached hydrogens (primary N) is 1. The molecule has 0 radical (unpaired) electrons. The fourth-order valence-electron chi connectivity index (χ4n) is 2.38. The van der Waals surface area contributed by atoms with Crippen molar-refractivity contribution < 1.29 is 23.8 Å². The van der Waals surface area contributed by atoms with Crippen LogP contribution >= 0.6 is 11.6 Å². The van der Waals surface area contributed by atoms with Crippen molar-refractivity contribution in [3.8, 4) is 0 Å². The van der Waals surface area contributed by atoms with Crippen molar-refractivity contribution in [1.82, 2.24) is 14.8 Å². The fraction of sp³-hybridized carbons (Fsp3) is 0.706. The van der Waals surface area contributed by atoms with Crippen molar-refractivity contribution in [2.24, 2.45) is 11.3 Å². The van der Waals surface area contributed by atoms with E-state index in [0.717, 1.165) is 4.68 Å². The molecule has 1 aromatic heterocycles. The summed E-state index contributed by atoms with van der Waals surface area (Å²) in [6.45, 7) is 8.31. The zero-order chi connectivity index (χ0) is 21.3. The van der Waals surface area contributed by atoms with E-state index in [2.05, 4.69) is 10.1 Å². The van der Waals surface area contributed by atoms with Crippen LogP contribution < -0.4 is 11.4 Å². The summed E-state index contributed by atoms with van der Waals surface area (Å²) in [4.78, 5) is 40.4. The first-order valence-electron chi connectivity index (χ1n) is 8.78. The second-order valence-electron chi connectivity index (χ2n) is 7.88. The van der Waals surface area contributed by atoms with E-state index in [1.807, 2.05) is 0 Å². The highest BCUT2D eigenvalue weighted by Gasteiger charge is 2.56. The predicted molar refractivity (Wildman–Crippen MR) is 99.2 cm³/mol. The molecular weight excluding hydrogens is 392 g/mol. The largest absolute Gasteiger partial charge is 0.455 e. The standard InChI is InChI=1S/C17H25ClN4O6/c1-9(2)13(23)26-10-6-12(22-15(25)21-11(19)7-20-22)27-17(10,8-18)28-14(24)16(3,4)5/h7,9-10,12H,6,8H2,1-5H3,(H2,19,21,25)/t10-,12?,17-/m0/s1. The third kappa shape index (κ3) is 4.61. The van der Waals surface area contributed by atoms with Crippen LogP contribution in [0.3, 0.4) is 0 Å². The van der Waals surface area contributed by atoms with Crippen LogP contribution in [-0.2, 0) is 23.8 Å². The number of aromatic nitrogens is 3. The molecule has 2 rings (SSSR count). The minimum atomic E-state index is -1.77. The maximum absolute atomic E-state index is 12.5. The third-order valence-electron chi connectivity index (χ3n) is 4.04. The van der Waals surface area contributed by atoms with Crippen molar-refractivity contribution in [3.63, 3.8) is 0 Å². The molecule has 1 saturated heterocycles. The lowest BCUT2D eigenvalue weighted by Crippen LogP contribution is -2.50. The molecule has 1 fully saturated rings. The molecule has 156 valence electrons. The summed E-state index contributed by atoms with van der Waals surface area (Å²) in [6.07, 6.45) is -0.886. The Kier molecular flexibility index (Phi) is 6.34. The quantitative estimate of drug-likeness (QED) is 0.555. The number of nitrogen functional groups attached to an aromatic ring is 1. The first kappa shape index (κ1) is 22.1. The number of carbonyl (C=O) groups is 2. The maximum atomic E-state index is 12.5. The van der Waals surface area contributed by atoms with E-state index >= 15 is 0 Å². The van der Waals surface area contributed by atoms with Gasteiger partial charge < -0.3 is 19.9 Å². The molecule has 1 aliphatic rings. The molecule has 11 heteroatoms.